The molecule has 122 valence electrons. The Morgan fingerprint density at radius 3 is 1.54 bits per heavy atom. The van der Waals surface area contributed by atoms with Crippen molar-refractivity contribution < 1.29 is 0 Å². The lowest BCUT2D eigenvalue weighted by Gasteiger charge is -2.31. The van der Waals surface area contributed by atoms with E-state index in [1.54, 1.807) is 11.1 Å². The quantitative estimate of drug-likeness (QED) is 0.582. The molecule has 2 aromatic rings. The standard InChI is InChI=1S/C24H26/c1-4-17-14-19-10-6-8-12-21(19)23(17)16(3)24-18(5-2)15-20-11-7-9-13-22(20)24/h6-16,23-24H,4-5H2,1-3H3. The van der Waals surface area contributed by atoms with Gasteiger partial charge in [-0.05, 0) is 41.0 Å². The van der Waals surface area contributed by atoms with Crippen LogP contribution in [0, 0.1) is 5.92 Å². The number of allylic oxidation sites excluding steroid dienone is 2. The van der Waals surface area contributed by atoms with Gasteiger partial charge in [0.2, 0.25) is 0 Å². The molecule has 0 spiro atoms. The van der Waals surface area contributed by atoms with Gasteiger partial charge in [0.15, 0.2) is 0 Å². The highest BCUT2D eigenvalue weighted by molar-refractivity contribution is 5.69. The van der Waals surface area contributed by atoms with Gasteiger partial charge in [0.05, 0.1) is 0 Å². The van der Waals surface area contributed by atoms with Crippen molar-refractivity contribution in [2.24, 2.45) is 5.92 Å². The van der Waals surface area contributed by atoms with Gasteiger partial charge >= 0.3 is 0 Å². The van der Waals surface area contributed by atoms with Crippen LogP contribution in [-0.2, 0) is 0 Å². The fraction of sp³-hybridized carbons (Fsp3) is 0.333. The van der Waals surface area contributed by atoms with Crippen molar-refractivity contribution in [3.05, 3.63) is 81.9 Å². The Hall–Kier alpha value is -2.08. The van der Waals surface area contributed by atoms with Crippen LogP contribution in [-0.4, -0.2) is 0 Å². The van der Waals surface area contributed by atoms with Crippen molar-refractivity contribution >= 4 is 12.2 Å². The van der Waals surface area contributed by atoms with E-state index in [2.05, 4.69) is 81.5 Å². The van der Waals surface area contributed by atoms with E-state index in [4.69, 9.17) is 0 Å². The fourth-order valence-corrected chi connectivity index (χ4v) is 4.91. The molecule has 2 unspecified atom stereocenters. The number of benzene rings is 2. The molecule has 4 rings (SSSR count). The molecular formula is C24H26. The third-order valence-corrected chi connectivity index (χ3v) is 6.01. The molecule has 0 fully saturated rings. The Labute approximate surface area is 145 Å². The van der Waals surface area contributed by atoms with Gasteiger partial charge in [0.1, 0.15) is 0 Å². The average Bonchev–Trinajstić information content (AvgIpc) is 3.18. The van der Waals surface area contributed by atoms with E-state index < -0.39 is 0 Å². The second-order valence-electron chi connectivity index (χ2n) is 7.22. The SMILES string of the molecule is CCC1=Cc2ccccc2C1C(C)C1C(CC)=Cc2ccccc21. The predicted octanol–water partition coefficient (Wildman–Crippen LogP) is 6.80. The minimum Gasteiger partial charge on any atom is -0.0621 e. The lowest BCUT2D eigenvalue weighted by Crippen LogP contribution is -2.19. The summed E-state index contributed by atoms with van der Waals surface area (Å²) in [5, 5.41) is 0. The Morgan fingerprint density at radius 1 is 0.708 bits per heavy atom. The fourth-order valence-electron chi connectivity index (χ4n) is 4.91. The summed E-state index contributed by atoms with van der Waals surface area (Å²) < 4.78 is 0. The summed E-state index contributed by atoms with van der Waals surface area (Å²) >= 11 is 0. The Kier molecular flexibility index (Phi) is 3.92. The molecule has 0 saturated heterocycles. The predicted molar refractivity (Wildman–Crippen MR) is 104 cm³/mol. The van der Waals surface area contributed by atoms with E-state index in [0.29, 0.717) is 17.8 Å². The second kappa shape index (κ2) is 6.09. The molecule has 24 heavy (non-hydrogen) atoms. The largest absolute Gasteiger partial charge is 0.0621 e. The molecule has 2 aliphatic carbocycles. The van der Waals surface area contributed by atoms with Crippen LogP contribution >= 0.6 is 0 Å². The first-order valence-corrected chi connectivity index (χ1v) is 9.33. The van der Waals surface area contributed by atoms with Gasteiger partial charge in [-0.2, -0.15) is 0 Å². The Balaban J connectivity index is 1.77. The highest BCUT2D eigenvalue weighted by atomic mass is 14.4. The molecule has 2 aromatic carbocycles. The minimum absolute atomic E-state index is 0.553. The number of rotatable bonds is 4. The van der Waals surface area contributed by atoms with Gasteiger partial charge in [-0.3, -0.25) is 0 Å². The number of fused-ring (bicyclic) bond motifs is 2. The average molecular weight is 314 g/mol. The molecule has 0 amide bonds. The Morgan fingerprint density at radius 2 is 1.12 bits per heavy atom. The van der Waals surface area contributed by atoms with Gasteiger partial charge in [0.25, 0.3) is 0 Å². The van der Waals surface area contributed by atoms with Crippen LogP contribution in [0.5, 0.6) is 0 Å². The zero-order chi connectivity index (χ0) is 16.7. The van der Waals surface area contributed by atoms with Crippen molar-refractivity contribution in [3.63, 3.8) is 0 Å². The zero-order valence-corrected chi connectivity index (χ0v) is 14.9. The molecule has 0 aliphatic heterocycles. The van der Waals surface area contributed by atoms with Crippen LogP contribution in [0.1, 0.15) is 67.7 Å². The van der Waals surface area contributed by atoms with Crippen molar-refractivity contribution in [2.75, 3.05) is 0 Å². The van der Waals surface area contributed by atoms with E-state index in [-0.39, 0.29) is 0 Å². The maximum absolute atomic E-state index is 2.46. The monoisotopic (exact) mass is 314 g/mol. The summed E-state index contributed by atoms with van der Waals surface area (Å²) in [5.74, 6) is 1.70. The van der Waals surface area contributed by atoms with E-state index in [1.165, 1.54) is 22.3 Å². The van der Waals surface area contributed by atoms with Crippen LogP contribution in [0.4, 0.5) is 0 Å². The molecule has 0 N–H and O–H groups in total. The summed E-state index contributed by atoms with van der Waals surface area (Å²) in [6, 6.07) is 18.0. The molecule has 0 aromatic heterocycles. The summed E-state index contributed by atoms with van der Waals surface area (Å²) in [6.45, 7) is 7.07. The van der Waals surface area contributed by atoms with Crippen molar-refractivity contribution in [1.29, 1.82) is 0 Å². The zero-order valence-electron chi connectivity index (χ0n) is 14.9. The molecule has 0 radical (unpaired) electrons. The van der Waals surface area contributed by atoms with Crippen molar-refractivity contribution in [1.82, 2.24) is 0 Å². The van der Waals surface area contributed by atoms with Crippen LogP contribution in [0.3, 0.4) is 0 Å². The topological polar surface area (TPSA) is 0 Å². The summed E-state index contributed by atoms with van der Waals surface area (Å²) in [7, 11) is 0. The molecule has 0 heteroatoms. The molecule has 2 aliphatic rings. The Bertz CT molecular complexity index is 752. The first-order valence-electron chi connectivity index (χ1n) is 9.33. The molecular weight excluding hydrogens is 288 g/mol. The highest BCUT2D eigenvalue weighted by Gasteiger charge is 2.37. The lowest BCUT2D eigenvalue weighted by atomic mass is 9.72. The molecule has 0 saturated carbocycles. The van der Waals surface area contributed by atoms with Crippen LogP contribution in [0.25, 0.3) is 12.2 Å². The molecule has 2 atom stereocenters. The maximum atomic E-state index is 2.46. The van der Waals surface area contributed by atoms with Crippen LogP contribution in [0.2, 0.25) is 0 Å². The van der Waals surface area contributed by atoms with E-state index in [0.717, 1.165) is 12.8 Å². The van der Waals surface area contributed by atoms with E-state index in [9.17, 15) is 0 Å². The smallest absolute Gasteiger partial charge is 0.00919 e. The van der Waals surface area contributed by atoms with Crippen molar-refractivity contribution in [2.45, 2.75) is 45.4 Å². The van der Waals surface area contributed by atoms with Gasteiger partial charge in [-0.1, -0.05) is 92.6 Å². The maximum Gasteiger partial charge on any atom is 0.00919 e. The van der Waals surface area contributed by atoms with E-state index >= 15 is 0 Å². The van der Waals surface area contributed by atoms with Gasteiger partial charge < -0.3 is 0 Å². The first kappa shape index (κ1) is 15.4. The number of hydrogen-bond donors (Lipinski definition) is 0. The van der Waals surface area contributed by atoms with Gasteiger partial charge in [0, 0.05) is 11.8 Å². The van der Waals surface area contributed by atoms with Gasteiger partial charge in [-0.15, -0.1) is 0 Å². The van der Waals surface area contributed by atoms with Crippen molar-refractivity contribution in [3.8, 4) is 0 Å². The third-order valence-electron chi connectivity index (χ3n) is 6.01. The molecule has 0 nitrogen and oxygen atoms in total. The normalized spacial score (nSPS) is 22.6. The van der Waals surface area contributed by atoms with Crippen LogP contribution < -0.4 is 0 Å². The van der Waals surface area contributed by atoms with Gasteiger partial charge in [-0.25, -0.2) is 0 Å². The summed E-state index contributed by atoms with van der Waals surface area (Å²) in [5.41, 5.74) is 9.12. The second-order valence-corrected chi connectivity index (χ2v) is 7.22. The number of hydrogen-bond acceptors (Lipinski definition) is 0. The van der Waals surface area contributed by atoms with E-state index in [1.807, 2.05) is 0 Å². The van der Waals surface area contributed by atoms with Crippen LogP contribution in [0.15, 0.2) is 59.7 Å². The lowest BCUT2D eigenvalue weighted by molar-refractivity contribution is 0.445. The first-order chi connectivity index (χ1) is 11.7. The summed E-state index contributed by atoms with van der Waals surface area (Å²) in [4.78, 5) is 0. The molecule has 0 bridgehead atoms. The minimum atomic E-state index is 0.553. The molecule has 0 heterocycles. The highest BCUT2D eigenvalue weighted by Crippen LogP contribution is 2.52. The third kappa shape index (κ3) is 2.28. The summed E-state index contributed by atoms with van der Waals surface area (Å²) in [6.07, 6.45) is 7.16.